The van der Waals surface area contributed by atoms with Crippen LogP contribution in [0.2, 0.25) is 0 Å². The van der Waals surface area contributed by atoms with E-state index in [1.807, 2.05) is 6.07 Å². The van der Waals surface area contributed by atoms with Crippen LogP contribution in [-0.4, -0.2) is 19.3 Å². The molecule has 1 aromatic rings. The van der Waals surface area contributed by atoms with Crippen molar-refractivity contribution in [3.63, 3.8) is 0 Å². The van der Waals surface area contributed by atoms with Crippen LogP contribution in [0.4, 0.5) is 4.39 Å². The molecule has 0 aliphatic carbocycles. The second-order valence-corrected chi connectivity index (χ2v) is 5.49. The minimum Gasteiger partial charge on any atom is -0.381 e. The lowest BCUT2D eigenvalue weighted by Gasteiger charge is -2.25. The second-order valence-electron chi connectivity index (χ2n) is 5.49. The predicted molar refractivity (Wildman–Crippen MR) is 75.6 cm³/mol. The van der Waals surface area contributed by atoms with Crippen molar-refractivity contribution in [2.75, 3.05) is 13.2 Å². The molecule has 108 valence electrons. The van der Waals surface area contributed by atoms with Gasteiger partial charge < -0.3 is 10.1 Å². The van der Waals surface area contributed by atoms with Crippen LogP contribution in [-0.2, 0) is 11.3 Å². The molecule has 0 spiro atoms. The number of rotatable bonds is 5. The van der Waals surface area contributed by atoms with Gasteiger partial charge in [-0.15, -0.1) is 0 Å². The Balaban J connectivity index is 1.83. The lowest BCUT2D eigenvalue weighted by atomic mass is 9.93. The molecule has 0 saturated carbocycles. The summed E-state index contributed by atoms with van der Waals surface area (Å²) in [5.41, 5.74) is 1.06. The van der Waals surface area contributed by atoms with E-state index in [-0.39, 0.29) is 5.82 Å². The molecule has 0 radical (unpaired) electrons. The first kappa shape index (κ1) is 15.0. The fraction of sp³-hybridized carbons (Fsp3) is 0.562. The number of hydrogen-bond donors (Lipinski definition) is 1. The Bertz CT molecular complexity index is 478. The molecule has 3 nitrogen and oxygen atoms in total. The van der Waals surface area contributed by atoms with Crippen molar-refractivity contribution < 1.29 is 9.13 Å². The fourth-order valence-corrected chi connectivity index (χ4v) is 2.63. The van der Waals surface area contributed by atoms with E-state index in [1.165, 1.54) is 12.1 Å². The third kappa shape index (κ3) is 4.29. The maximum atomic E-state index is 13.6. The molecular formula is C16H21FN2O. The van der Waals surface area contributed by atoms with E-state index in [0.717, 1.165) is 32.5 Å². The van der Waals surface area contributed by atoms with E-state index in [4.69, 9.17) is 10.00 Å². The summed E-state index contributed by atoms with van der Waals surface area (Å²) in [4.78, 5) is 0. The lowest BCUT2D eigenvalue weighted by Crippen LogP contribution is -2.30. The van der Waals surface area contributed by atoms with Gasteiger partial charge in [0.15, 0.2) is 0 Å². The van der Waals surface area contributed by atoms with Crippen molar-refractivity contribution in [3.8, 4) is 6.07 Å². The van der Waals surface area contributed by atoms with Gasteiger partial charge in [-0.1, -0.05) is 0 Å². The normalized spacial score (nSPS) is 17.6. The quantitative estimate of drug-likeness (QED) is 0.899. The van der Waals surface area contributed by atoms with Crippen LogP contribution >= 0.6 is 0 Å². The highest BCUT2D eigenvalue weighted by molar-refractivity contribution is 5.33. The summed E-state index contributed by atoms with van der Waals surface area (Å²) in [5, 5.41) is 12.2. The standard InChI is InChI=1S/C16H21FN2O/c1-12(8-13-4-6-20-7-5-13)19-11-15-9-14(10-18)2-3-16(15)17/h2-3,9,12-13,19H,4-8,11H2,1H3/t12-/m0/s1. The van der Waals surface area contributed by atoms with Crippen LogP contribution in [0.5, 0.6) is 0 Å². The molecule has 1 aromatic carbocycles. The summed E-state index contributed by atoms with van der Waals surface area (Å²) in [6.45, 7) is 4.31. The van der Waals surface area contributed by atoms with Crippen LogP contribution in [0.3, 0.4) is 0 Å². The van der Waals surface area contributed by atoms with Crippen LogP contribution < -0.4 is 5.32 Å². The van der Waals surface area contributed by atoms with Gasteiger partial charge in [0.25, 0.3) is 0 Å². The molecule has 1 heterocycles. The van der Waals surface area contributed by atoms with Crippen molar-refractivity contribution in [2.24, 2.45) is 5.92 Å². The SMILES string of the molecule is C[C@@H](CC1CCOCC1)NCc1cc(C#N)ccc1F. The molecule has 1 atom stereocenters. The van der Waals surface area contributed by atoms with Crippen molar-refractivity contribution >= 4 is 0 Å². The summed E-state index contributed by atoms with van der Waals surface area (Å²) in [6.07, 6.45) is 3.32. The first-order chi connectivity index (χ1) is 9.69. The Morgan fingerprint density at radius 1 is 1.45 bits per heavy atom. The van der Waals surface area contributed by atoms with Crippen LogP contribution in [0.1, 0.15) is 37.3 Å². The molecule has 1 aliphatic rings. The smallest absolute Gasteiger partial charge is 0.127 e. The Morgan fingerprint density at radius 2 is 2.20 bits per heavy atom. The highest BCUT2D eigenvalue weighted by Crippen LogP contribution is 2.20. The first-order valence-corrected chi connectivity index (χ1v) is 7.18. The summed E-state index contributed by atoms with van der Waals surface area (Å²) in [5.74, 6) is 0.441. The molecular weight excluding hydrogens is 255 g/mol. The summed E-state index contributed by atoms with van der Waals surface area (Å²) in [6, 6.07) is 6.85. The second kappa shape index (κ2) is 7.37. The van der Waals surface area contributed by atoms with Gasteiger partial charge in [0.2, 0.25) is 0 Å². The Labute approximate surface area is 119 Å². The van der Waals surface area contributed by atoms with Crippen LogP contribution in [0.25, 0.3) is 0 Å². The zero-order valence-corrected chi connectivity index (χ0v) is 11.9. The Kier molecular flexibility index (Phi) is 5.51. The number of benzene rings is 1. The fourth-order valence-electron chi connectivity index (χ4n) is 2.63. The monoisotopic (exact) mass is 276 g/mol. The number of nitrogens with zero attached hydrogens (tertiary/aromatic N) is 1. The summed E-state index contributed by atoms with van der Waals surface area (Å²) < 4.78 is 19.0. The average molecular weight is 276 g/mol. The van der Waals surface area contributed by atoms with Crippen LogP contribution in [0.15, 0.2) is 18.2 Å². The van der Waals surface area contributed by atoms with E-state index in [0.29, 0.717) is 29.6 Å². The zero-order chi connectivity index (χ0) is 14.4. The third-order valence-corrected chi connectivity index (χ3v) is 3.84. The van der Waals surface area contributed by atoms with Gasteiger partial charge in [-0.25, -0.2) is 4.39 Å². The van der Waals surface area contributed by atoms with Gasteiger partial charge in [-0.3, -0.25) is 0 Å². The summed E-state index contributed by atoms with van der Waals surface area (Å²) in [7, 11) is 0. The van der Waals surface area contributed by atoms with E-state index in [9.17, 15) is 4.39 Å². The molecule has 1 N–H and O–H groups in total. The van der Waals surface area contributed by atoms with Gasteiger partial charge in [0, 0.05) is 31.4 Å². The molecule has 1 fully saturated rings. The molecule has 0 unspecified atom stereocenters. The van der Waals surface area contributed by atoms with E-state index < -0.39 is 0 Å². The van der Waals surface area contributed by atoms with Gasteiger partial charge in [0.1, 0.15) is 5.82 Å². The number of halogens is 1. The Morgan fingerprint density at radius 3 is 2.90 bits per heavy atom. The minimum atomic E-state index is -0.255. The molecule has 1 aliphatic heterocycles. The van der Waals surface area contributed by atoms with Gasteiger partial charge in [-0.05, 0) is 50.3 Å². The van der Waals surface area contributed by atoms with Gasteiger partial charge in [0.05, 0.1) is 11.6 Å². The van der Waals surface area contributed by atoms with Crippen LogP contribution in [0, 0.1) is 23.1 Å². The number of nitriles is 1. The number of hydrogen-bond acceptors (Lipinski definition) is 3. The molecule has 1 saturated heterocycles. The molecule has 0 bridgehead atoms. The molecule has 20 heavy (non-hydrogen) atoms. The average Bonchev–Trinajstić information content (AvgIpc) is 2.47. The maximum absolute atomic E-state index is 13.6. The van der Waals surface area contributed by atoms with Gasteiger partial charge in [-0.2, -0.15) is 5.26 Å². The van der Waals surface area contributed by atoms with Crippen molar-refractivity contribution in [3.05, 3.63) is 35.1 Å². The van der Waals surface area contributed by atoms with Crippen molar-refractivity contribution in [1.82, 2.24) is 5.32 Å². The third-order valence-electron chi connectivity index (χ3n) is 3.84. The van der Waals surface area contributed by atoms with Crippen molar-refractivity contribution in [1.29, 1.82) is 5.26 Å². The molecule has 0 amide bonds. The van der Waals surface area contributed by atoms with E-state index >= 15 is 0 Å². The van der Waals surface area contributed by atoms with Crippen molar-refractivity contribution in [2.45, 2.75) is 38.8 Å². The topological polar surface area (TPSA) is 45.0 Å². The minimum absolute atomic E-state index is 0.255. The largest absolute Gasteiger partial charge is 0.381 e. The molecule has 0 aromatic heterocycles. The number of nitrogens with one attached hydrogen (secondary N) is 1. The Hall–Kier alpha value is -1.44. The maximum Gasteiger partial charge on any atom is 0.127 e. The molecule has 4 heteroatoms. The zero-order valence-electron chi connectivity index (χ0n) is 11.9. The van der Waals surface area contributed by atoms with E-state index in [2.05, 4.69) is 12.2 Å². The lowest BCUT2D eigenvalue weighted by molar-refractivity contribution is 0.0611. The molecule has 2 rings (SSSR count). The first-order valence-electron chi connectivity index (χ1n) is 7.18. The highest BCUT2D eigenvalue weighted by Gasteiger charge is 2.16. The highest BCUT2D eigenvalue weighted by atomic mass is 19.1. The van der Waals surface area contributed by atoms with Gasteiger partial charge >= 0.3 is 0 Å². The summed E-state index contributed by atoms with van der Waals surface area (Å²) >= 11 is 0. The van der Waals surface area contributed by atoms with E-state index in [1.54, 1.807) is 6.07 Å². The predicted octanol–water partition coefficient (Wildman–Crippen LogP) is 2.99. The number of ether oxygens (including phenoxy) is 1.